The molecular formula is C17H11Cl2NO2S2. The lowest BCUT2D eigenvalue weighted by Crippen LogP contribution is -2.29. The molecular weight excluding hydrogens is 385 g/mol. The lowest BCUT2D eigenvalue weighted by molar-refractivity contribution is 0.106. The Labute approximate surface area is 155 Å². The first-order chi connectivity index (χ1) is 11.5. The molecule has 0 radical (unpaired) electrons. The number of thiophene rings is 1. The summed E-state index contributed by atoms with van der Waals surface area (Å²) in [5, 5.41) is 2.78. The van der Waals surface area contributed by atoms with Crippen LogP contribution in [0.1, 0.15) is 15.2 Å². The Bertz CT molecular complexity index is 1060. The lowest BCUT2D eigenvalue weighted by atomic mass is 10.2. The van der Waals surface area contributed by atoms with Crippen molar-refractivity contribution in [3.05, 3.63) is 75.7 Å². The predicted molar refractivity (Wildman–Crippen MR) is 102 cm³/mol. The minimum absolute atomic E-state index is 0.121. The van der Waals surface area contributed by atoms with Crippen molar-refractivity contribution in [1.82, 2.24) is 4.57 Å². The molecule has 3 nitrogen and oxygen atoms in total. The van der Waals surface area contributed by atoms with Crippen LogP contribution < -0.4 is 14.8 Å². The number of carbonyl (C=O) groups is 1. The zero-order valence-electron chi connectivity index (χ0n) is 12.5. The Hall–Kier alpha value is -1.66. The summed E-state index contributed by atoms with van der Waals surface area (Å²) in [6.45, 7) is 0. The summed E-state index contributed by atoms with van der Waals surface area (Å²) in [5.41, 5.74) is 0.400. The molecule has 3 aromatic rings. The molecule has 7 heteroatoms. The summed E-state index contributed by atoms with van der Waals surface area (Å²) in [4.78, 5) is 25.3. The van der Waals surface area contributed by atoms with Crippen LogP contribution in [0.5, 0.6) is 0 Å². The predicted octanol–water partition coefficient (Wildman–Crippen LogP) is 3.31. The van der Waals surface area contributed by atoms with Crippen LogP contribution in [0.3, 0.4) is 0 Å². The van der Waals surface area contributed by atoms with Gasteiger partial charge in [0.15, 0.2) is 5.78 Å². The summed E-state index contributed by atoms with van der Waals surface area (Å²) in [6.07, 6.45) is 3.13. The first kappa shape index (κ1) is 17.2. The van der Waals surface area contributed by atoms with Crippen LogP contribution in [0.4, 0.5) is 0 Å². The summed E-state index contributed by atoms with van der Waals surface area (Å²) < 4.78 is 2.50. The van der Waals surface area contributed by atoms with Crippen molar-refractivity contribution in [2.45, 2.75) is 0 Å². The first-order valence-electron chi connectivity index (χ1n) is 6.88. The van der Waals surface area contributed by atoms with E-state index in [1.165, 1.54) is 33.3 Å². The van der Waals surface area contributed by atoms with Crippen molar-refractivity contribution >= 4 is 63.8 Å². The molecule has 0 saturated heterocycles. The molecule has 0 fully saturated rings. The number of halogens is 2. The smallest absolute Gasteiger partial charge is 0.268 e. The largest absolute Gasteiger partial charge is 0.302 e. The van der Waals surface area contributed by atoms with E-state index in [0.717, 1.165) is 0 Å². The quantitative estimate of drug-likeness (QED) is 0.638. The van der Waals surface area contributed by atoms with Crippen LogP contribution in [-0.4, -0.2) is 10.4 Å². The van der Waals surface area contributed by atoms with Crippen molar-refractivity contribution < 1.29 is 4.79 Å². The highest BCUT2D eigenvalue weighted by Crippen LogP contribution is 2.24. The number of thiazole rings is 1. The lowest BCUT2D eigenvalue weighted by Gasteiger charge is -1.99. The highest BCUT2D eigenvalue weighted by Gasteiger charge is 2.08. The summed E-state index contributed by atoms with van der Waals surface area (Å²) in [7, 11) is 1.64. The number of carbonyl (C=O) groups excluding carboxylic acids is 1. The molecule has 24 heavy (non-hydrogen) atoms. The number of Topliss-reactive ketones (excluding diaryl/α,β-unsaturated/α-hetero) is 1. The van der Waals surface area contributed by atoms with E-state index >= 15 is 0 Å². The van der Waals surface area contributed by atoms with Crippen LogP contribution in [0.25, 0.3) is 12.2 Å². The normalized spacial score (nSPS) is 12.8. The van der Waals surface area contributed by atoms with E-state index < -0.39 is 0 Å². The van der Waals surface area contributed by atoms with Gasteiger partial charge in [-0.1, -0.05) is 35.3 Å². The van der Waals surface area contributed by atoms with E-state index in [4.69, 9.17) is 23.2 Å². The molecule has 0 aliphatic rings. The fourth-order valence-electron chi connectivity index (χ4n) is 2.09. The van der Waals surface area contributed by atoms with Gasteiger partial charge in [0, 0.05) is 28.7 Å². The number of hydrogen-bond donors (Lipinski definition) is 0. The molecule has 0 unspecified atom stereocenters. The van der Waals surface area contributed by atoms with Gasteiger partial charge in [0.2, 0.25) is 0 Å². The van der Waals surface area contributed by atoms with E-state index in [0.29, 0.717) is 29.7 Å². The molecule has 0 spiro atoms. The molecule has 0 N–H and O–H groups in total. The number of rotatable bonds is 3. The van der Waals surface area contributed by atoms with Gasteiger partial charge in [-0.2, -0.15) is 0 Å². The molecule has 0 aliphatic carbocycles. The van der Waals surface area contributed by atoms with Gasteiger partial charge in [0.1, 0.15) is 4.66 Å². The molecule has 3 rings (SSSR count). The highest BCUT2D eigenvalue weighted by atomic mass is 35.5. The molecule has 2 aromatic heterocycles. The fraction of sp³-hybridized carbons (Fsp3) is 0.0588. The second-order valence-electron chi connectivity index (χ2n) is 4.93. The van der Waals surface area contributed by atoms with E-state index in [-0.39, 0.29) is 11.3 Å². The van der Waals surface area contributed by atoms with Gasteiger partial charge in [-0.05, 0) is 29.7 Å². The van der Waals surface area contributed by atoms with Gasteiger partial charge in [-0.25, -0.2) is 0 Å². The average Bonchev–Trinajstić information content (AvgIpc) is 3.16. The SMILES string of the molecule is Cn1c(=O)/c(=C\c2c(Cl)cccc2Cl)s/c1=C\C(=O)c1cccs1. The van der Waals surface area contributed by atoms with Crippen molar-refractivity contribution in [3.63, 3.8) is 0 Å². The fourth-order valence-corrected chi connectivity index (χ4v) is 4.24. The van der Waals surface area contributed by atoms with Gasteiger partial charge in [-0.15, -0.1) is 22.7 Å². The minimum atomic E-state index is -0.193. The Morgan fingerprint density at radius 2 is 1.88 bits per heavy atom. The van der Waals surface area contributed by atoms with Crippen LogP contribution >= 0.6 is 45.9 Å². The van der Waals surface area contributed by atoms with Gasteiger partial charge in [-0.3, -0.25) is 9.59 Å². The Kier molecular flexibility index (Phi) is 5.06. The highest BCUT2D eigenvalue weighted by molar-refractivity contribution is 7.12. The molecule has 0 atom stereocenters. The van der Waals surface area contributed by atoms with Crippen LogP contribution in [-0.2, 0) is 7.05 Å². The van der Waals surface area contributed by atoms with Crippen LogP contribution in [0.15, 0.2) is 40.5 Å². The summed E-state index contributed by atoms with van der Waals surface area (Å²) in [6, 6.07) is 8.74. The maximum Gasteiger partial charge on any atom is 0.268 e. The summed E-state index contributed by atoms with van der Waals surface area (Å²) >= 11 is 14.9. The van der Waals surface area contributed by atoms with Crippen molar-refractivity contribution in [2.75, 3.05) is 0 Å². The van der Waals surface area contributed by atoms with Gasteiger partial charge < -0.3 is 4.57 Å². The van der Waals surface area contributed by atoms with Crippen LogP contribution in [0.2, 0.25) is 10.0 Å². The maximum absolute atomic E-state index is 12.4. The number of hydrogen-bond acceptors (Lipinski definition) is 4. The topological polar surface area (TPSA) is 39.1 Å². The van der Waals surface area contributed by atoms with Gasteiger partial charge in [0.25, 0.3) is 5.56 Å². The molecule has 2 heterocycles. The third-order valence-electron chi connectivity index (χ3n) is 3.35. The van der Waals surface area contributed by atoms with Crippen LogP contribution in [0, 0.1) is 0 Å². The number of benzene rings is 1. The van der Waals surface area contributed by atoms with Crippen molar-refractivity contribution in [3.8, 4) is 0 Å². The molecule has 122 valence electrons. The Morgan fingerprint density at radius 1 is 1.17 bits per heavy atom. The number of aromatic nitrogens is 1. The monoisotopic (exact) mass is 395 g/mol. The van der Waals surface area contributed by atoms with E-state index in [1.807, 2.05) is 11.4 Å². The number of nitrogens with zero attached hydrogens (tertiary/aromatic N) is 1. The second kappa shape index (κ2) is 7.07. The van der Waals surface area contributed by atoms with Gasteiger partial charge in [0.05, 0.1) is 9.41 Å². The minimum Gasteiger partial charge on any atom is -0.302 e. The third-order valence-corrected chi connectivity index (χ3v) is 6.01. The molecule has 1 aromatic carbocycles. The average molecular weight is 396 g/mol. The zero-order valence-corrected chi connectivity index (χ0v) is 15.6. The van der Waals surface area contributed by atoms with E-state index in [2.05, 4.69) is 0 Å². The summed E-state index contributed by atoms with van der Waals surface area (Å²) in [5.74, 6) is -0.121. The third kappa shape index (κ3) is 3.39. The van der Waals surface area contributed by atoms with E-state index in [1.54, 1.807) is 37.4 Å². The second-order valence-corrected chi connectivity index (χ2v) is 7.76. The Morgan fingerprint density at radius 3 is 2.50 bits per heavy atom. The first-order valence-corrected chi connectivity index (χ1v) is 9.33. The maximum atomic E-state index is 12.4. The molecule has 0 bridgehead atoms. The molecule has 0 aliphatic heterocycles. The van der Waals surface area contributed by atoms with Crippen molar-refractivity contribution in [1.29, 1.82) is 0 Å². The van der Waals surface area contributed by atoms with Gasteiger partial charge >= 0.3 is 0 Å². The number of ketones is 1. The Balaban J connectivity index is 2.15. The molecule has 0 saturated carbocycles. The van der Waals surface area contributed by atoms with Crippen molar-refractivity contribution in [2.24, 2.45) is 7.05 Å². The standard InChI is InChI=1S/C17H11Cl2NO2S2/c1-20-16(9-13(21)14-6-3-7-23-14)24-15(17(20)22)8-10-11(18)4-2-5-12(10)19/h2-9H,1H3/b15-8+,16-9-. The zero-order chi connectivity index (χ0) is 17.3. The molecule has 0 amide bonds. The van der Waals surface area contributed by atoms with E-state index in [9.17, 15) is 9.59 Å².